The molecule has 2 aliphatic carbocycles. The van der Waals surface area contributed by atoms with Gasteiger partial charge in [0, 0.05) is 37.4 Å². The van der Waals surface area contributed by atoms with Crippen molar-refractivity contribution in [3.05, 3.63) is 0 Å². The second-order valence-corrected chi connectivity index (χ2v) is 13.7. The van der Waals surface area contributed by atoms with Crippen molar-refractivity contribution in [3.63, 3.8) is 0 Å². The summed E-state index contributed by atoms with van der Waals surface area (Å²) in [5.41, 5.74) is 0. The quantitative estimate of drug-likeness (QED) is 0.338. The zero-order chi connectivity index (χ0) is 25.0. The molecule has 2 saturated carbocycles. The summed E-state index contributed by atoms with van der Waals surface area (Å²) in [6, 6.07) is 0.964. The molecule has 1 amide bonds. The summed E-state index contributed by atoms with van der Waals surface area (Å²) in [7, 11) is -1.71. The summed E-state index contributed by atoms with van der Waals surface area (Å²) >= 11 is 0. The second kappa shape index (κ2) is 12.2. The molecular formula is C25H47N5O4S. The standard InChI is InChI=1S/C25H47N5O4S/c1-16-6-8-19(28-24(31)17-7-9-22(34-2)23(13-17)35(3,32)33)14-21(16)30-25-27-12-10-20(29-25)18-5-4-11-26-15-18/h16-23,25-27,29-30H,4-15H2,1-3H3,(H,28,31). The molecule has 9 unspecified atom stereocenters. The van der Waals surface area contributed by atoms with Crippen LogP contribution < -0.4 is 26.6 Å². The third kappa shape index (κ3) is 7.17. The van der Waals surface area contributed by atoms with Crippen LogP contribution in [0.1, 0.15) is 64.7 Å². The number of hydrogen-bond donors (Lipinski definition) is 5. The predicted molar refractivity (Wildman–Crippen MR) is 138 cm³/mol. The molecular weight excluding hydrogens is 466 g/mol. The Morgan fingerprint density at radius 2 is 1.86 bits per heavy atom. The maximum atomic E-state index is 13.1. The molecule has 4 fully saturated rings. The molecule has 9 atom stereocenters. The van der Waals surface area contributed by atoms with Gasteiger partial charge in [-0.15, -0.1) is 0 Å². The van der Waals surface area contributed by atoms with Crippen LogP contribution in [0, 0.1) is 17.8 Å². The zero-order valence-corrected chi connectivity index (χ0v) is 22.5. The molecule has 5 N–H and O–H groups in total. The first kappa shape index (κ1) is 27.3. The number of sulfone groups is 1. The molecule has 0 bridgehead atoms. The molecule has 2 saturated heterocycles. The van der Waals surface area contributed by atoms with Crippen LogP contribution >= 0.6 is 0 Å². The molecule has 0 aromatic rings. The highest BCUT2D eigenvalue weighted by molar-refractivity contribution is 7.91. The van der Waals surface area contributed by atoms with Crippen LogP contribution in [0.5, 0.6) is 0 Å². The molecule has 2 aliphatic heterocycles. The number of rotatable bonds is 7. The molecule has 0 aromatic heterocycles. The van der Waals surface area contributed by atoms with Gasteiger partial charge in [0.05, 0.1) is 11.4 Å². The summed E-state index contributed by atoms with van der Waals surface area (Å²) < 4.78 is 30.0. The number of ether oxygens (including phenoxy) is 1. The van der Waals surface area contributed by atoms with Gasteiger partial charge in [0.1, 0.15) is 6.29 Å². The molecule has 10 heteroatoms. The van der Waals surface area contributed by atoms with Crippen LogP contribution in [-0.2, 0) is 19.4 Å². The smallest absolute Gasteiger partial charge is 0.223 e. The van der Waals surface area contributed by atoms with E-state index in [2.05, 4.69) is 33.5 Å². The summed E-state index contributed by atoms with van der Waals surface area (Å²) in [4.78, 5) is 13.1. The molecule has 0 aromatic carbocycles. The minimum absolute atomic E-state index is 0.00489. The van der Waals surface area contributed by atoms with E-state index >= 15 is 0 Å². The van der Waals surface area contributed by atoms with Crippen LogP contribution in [0.15, 0.2) is 0 Å². The Labute approximate surface area is 211 Å². The van der Waals surface area contributed by atoms with Gasteiger partial charge in [0.15, 0.2) is 9.84 Å². The first-order chi connectivity index (χ1) is 16.7. The highest BCUT2D eigenvalue weighted by Gasteiger charge is 2.40. The van der Waals surface area contributed by atoms with Gasteiger partial charge in [0.25, 0.3) is 0 Å². The Kier molecular flexibility index (Phi) is 9.48. The van der Waals surface area contributed by atoms with Crippen molar-refractivity contribution in [3.8, 4) is 0 Å². The van der Waals surface area contributed by atoms with E-state index < -0.39 is 15.1 Å². The lowest BCUT2D eigenvalue weighted by Gasteiger charge is -2.43. The maximum Gasteiger partial charge on any atom is 0.223 e. The average Bonchev–Trinajstić information content (AvgIpc) is 2.86. The van der Waals surface area contributed by atoms with E-state index in [9.17, 15) is 13.2 Å². The van der Waals surface area contributed by atoms with Crippen LogP contribution in [0.2, 0.25) is 0 Å². The molecule has 9 nitrogen and oxygen atoms in total. The third-order valence-corrected chi connectivity index (χ3v) is 10.6. The SMILES string of the molecule is COC1CCC(C(=O)NC2CCC(C)C(NC3NCCC(C4CCCNC4)N3)C2)CC1S(C)(=O)=O. The largest absolute Gasteiger partial charge is 0.380 e. The van der Waals surface area contributed by atoms with Gasteiger partial charge in [-0.1, -0.05) is 6.92 Å². The molecule has 202 valence electrons. The van der Waals surface area contributed by atoms with Crippen molar-refractivity contribution < 1.29 is 17.9 Å². The van der Waals surface area contributed by atoms with E-state index in [1.54, 1.807) is 7.11 Å². The fraction of sp³-hybridized carbons (Fsp3) is 0.960. The Hall–Kier alpha value is -0.780. The van der Waals surface area contributed by atoms with Crippen molar-refractivity contribution >= 4 is 15.7 Å². The maximum absolute atomic E-state index is 13.1. The van der Waals surface area contributed by atoms with E-state index in [1.165, 1.54) is 19.1 Å². The van der Waals surface area contributed by atoms with Crippen LogP contribution in [0.3, 0.4) is 0 Å². The van der Waals surface area contributed by atoms with Crippen molar-refractivity contribution in [2.75, 3.05) is 33.0 Å². The van der Waals surface area contributed by atoms with E-state index in [1.807, 2.05) is 0 Å². The topological polar surface area (TPSA) is 121 Å². The van der Waals surface area contributed by atoms with Crippen molar-refractivity contribution in [1.29, 1.82) is 0 Å². The van der Waals surface area contributed by atoms with Crippen molar-refractivity contribution in [2.45, 2.75) is 100 Å². The number of carbonyl (C=O) groups is 1. The average molecular weight is 514 g/mol. The Bertz CT molecular complexity index is 806. The van der Waals surface area contributed by atoms with Gasteiger partial charge in [-0.05, 0) is 89.3 Å². The Balaban J connectivity index is 1.29. The summed E-state index contributed by atoms with van der Waals surface area (Å²) in [5.74, 6) is 0.967. The molecule has 4 rings (SSSR count). The van der Waals surface area contributed by atoms with E-state index in [4.69, 9.17) is 4.74 Å². The van der Waals surface area contributed by atoms with E-state index in [0.717, 1.165) is 45.3 Å². The second-order valence-electron chi connectivity index (χ2n) is 11.5. The molecule has 35 heavy (non-hydrogen) atoms. The van der Waals surface area contributed by atoms with Gasteiger partial charge >= 0.3 is 0 Å². The van der Waals surface area contributed by atoms with E-state index in [-0.39, 0.29) is 30.3 Å². The number of hydrogen-bond acceptors (Lipinski definition) is 8. The highest BCUT2D eigenvalue weighted by atomic mass is 32.2. The molecule has 0 spiro atoms. The van der Waals surface area contributed by atoms with Crippen LogP contribution in [0.4, 0.5) is 0 Å². The predicted octanol–water partition coefficient (Wildman–Crippen LogP) is 0.712. The molecule has 4 aliphatic rings. The highest BCUT2D eigenvalue weighted by Crippen LogP contribution is 2.32. The lowest BCUT2D eigenvalue weighted by atomic mass is 9.81. The molecule has 2 heterocycles. The number of piperidine rings is 1. The van der Waals surface area contributed by atoms with Crippen molar-refractivity contribution in [2.24, 2.45) is 17.8 Å². The van der Waals surface area contributed by atoms with Crippen molar-refractivity contribution in [1.82, 2.24) is 26.6 Å². The normalized spacial score (nSPS) is 41.3. The first-order valence-electron chi connectivity index (χ1n) is 13.7. The van der Waals surface area contributed by atoms with Gasteiger partial charge in [-0.3, -0.25) is 20.7 Å². The lowest BCUT2D eigenvalue weighted by Crippen LogP contribution is -2.66. The minimum atomic E-state index is -3.26. The first-order valence-corrected chi connectivity index (χ1v) is 15.7. The fourth-order valence-corrected chi connectivity index (χ4v) is 8.10. The fourth-order valence-electron chi connectivity index (χ4n) is 6.72. The summed E-state index contributed by atoms with van der Waals surface area (Å²) in [6.45, 7) is 5.55. The minimum Gasteiger partial charge on any atom is -0.380 e. The van der Waals surface area contributed by atoms with Crippen LogP contribution in [0.25, 0.3) is 0 Å². The summed E-state index contributed by atoms with van der Waals surface area (Å²) in [5, 5.41) is 17.4. The number of carbonyl (C=O) groups excluding carboxylic acids is 1. The molecule has 0 radical (unpaired) electrons. The number of nitrogens with one attached hydrogen (secondary N) is 5. The van der Waals surface area contributed by atoms with Crippen LogP contribution in [-0.4, -0.2) is 83.1 Å². The number of methoxy groups -OCH3 is 1. The Morgan fingerprint density at radius 3 is 2.57 bits per heavy atom. The van der Waals surface area contributed by atoms with Gasteiger partial charge in [-0.2, -0.15) is 0 Å². The van der Waals surface area contributed by atoms with E-state index in [0.29, 0.717) is 43.2 Å². The Morgan fingerprint density at radius 1 is 1.03 bits per heavy atom. The van der Waals surface area contributed by atoms with Gasteiger partial charge in [-0.25, -0.2) is 8.42 Å². The lowest BCUT2D eigenvalue weighted by molar-refractivity contribution is -0.127. The zero-order valence-electron chi connectivity index (χ0n) is 21.7. The van der Waals surface area contributed by atoms with Gasteiger partial charge in [0.2, 0.25) is 5.91 Å². The third-order valence-electron chi connectivity index (χ3n) is 8.97. The summed E-state index contributed by atoms with van der Waals surface area (Å²) in [6.07, 6.45) is 9.29. The number of amides is 1. The van der Waals surface area contributed by atoms with Gasteiger partial charge < -0.3 is 15.4 Å². The monoisotopic (exact) mass is 513 g/mol.